The minimum atomic E-state index is -2.65. The standard InChI is InChI=1S/C27H37N3O7/c1-26(2,3)11-29-10-13-7-6-12-8-14-9-15-19(30(4)5)22(33)18(25(28)36)24(35)27(15,37)23(34)17(14)21(32)16(12)20(13)31/h6-7,14-15,18-19,22,29,31-33,37H,8-11H2,1-5H3,(H2,28,36)/t14-,15-,18?,19?,22?,27-/m1/s1. The molecular weight excluding hydrogens is 478 g/mol. The second-order valence-corrected chi connectivity index (χ2v) is 12.1. The summed E-state index contributed by atoms with van der Waals surface area (Å²) in [6, 6.07) is 2.67. The highest BCUT2D eigenvalue weighted by atomic mass is 16.3. The normalized spacial score (nSPS) is 31.7. The summed E-state index contributed by atoms with van der Waals surface area (Å²) in [6.07, 6.45) is -1.10. The first-order chi connectivity index (χ1) is 17.1. The van der Waals surface area contributed by atoms with Crippen molar-refractivity contribution in [3.8, 4) is 5.75 Å². The second kappa shape index (κ2) is 9.20. The Bertz CT molecular complexity index is 1190. The number of phenols is 1. The third kappa shape index (κ3) is 4.25. The highest BCUT2D eigenvalue weighted by Crippen LogP contribution is 2.52. The zero-order valence-electron chi connectivity index (χ0n) is 21.9. The van der Waals surface area contributed by atoms with Gasteiger partial charge in [-0.2, -0.15) is 0 Å². The van der Waals surface area contributed by atoms with Crippen LogP contribution in [0.2, 0.25) is 0 Å². The Morgan fingerprint density at radius 3 is 2.43 bits per heavy atom. The molecule has 1 aromatic rings. The summed E-state index contributed by atoms with van der Waals surface area (Å²) >= 11 is 0. The number of carbonyl (C=O) groups is 3. The van der Waals surface area contributed by atoms with Crippen molar-refractivity contribution in [2.75, 3.05) is 20.6 Å². The molecule has 3 aliphatic rings. The van der Waals surface area contributed by atoms with Gasteiger partial charge in [0.2, 0.25) is 11.7 Å². The molecule has 2 fully saturated rings. The first-order valence-electron chi connectivity index (χ1n) is 12.5. The molecule has 0 bridgehead atoms. The number of phenolic OH excluding ortho intramolecular Hbond substituents is 1. The zero-order chi connectivity index (χ0) is 27.6. The predicted octanol–water partition coefficient (Wildman–Crippen LogP) is 0.265. The molecule has 1 aromatic carbocycles. The molecule has 4 rings (SSSR count). The lowest BCUT2D eigenvalue weighted by molar-refractivity contribution is -0.184. The van der Waals surface area contributed by atoms with Crippen LogP contribution in [0.1, 0.15) is 43.9 Å². The van der Waals surface area contributed by atoms with E-state index < -0.39 is 58.7 Å². The average molecular weight is 516 g/mol. The fourth-order valence-electron chi connectivity index (χ4n) is 6.34. The van der Waals surface area contributed by atoms with Gasteiger partial charge >= 0.3 is 0 Å². The minimum Gasteiger partial charge on any atom is -0.507 e. The molecule has 10 heteroatoms. The van der Waals surface area contributed by atoms with Gasteiger partial charge in [-0.15, -0.1) is 0 Å². The van der Waals surface area contributed by atoms with E-state index in [0.29, 0.717) is 30.6 Å². The number of hydrogen-bond donors (Lipinski definition) is 6. The maximum absolute atomic E-state index is 13.8. The van der Waals surface area contributed by atoms with Crippen LogP contribution in [0.4, 0.5) is 0 Å². The number of aliphatic hydroxyl groups excluding tert-OH is 2. The molecule has 6 atom stereocenters. The van der Waals surface area contributed by atoms with Crippen LogP contribution >= 0.6 is 0 Å². The van der Waals surface area contributed by atoms with Gasteiger partial charge in [0, 0.05) is 36.2 Å². The minimum absolute atomic E-state index is 0.0228. The maximum Gasteiger partial charge on any atom is 0.230 e. The van der Waals surface area contributed by atoms with Crippen LogP contribution in [0, 0.1) is 23.2 Å². The molecule has 7 N–H and O–H groups in total. The number of hydrogen-bond acceptors (Lipinski definition) is 9. The molecular formula is C27H37N3O7. The number of benzene rings is 1. The first-order valence-corrected chi connectivity index (χ1v) is 12.5. The molecule has 3 aliphatic carbocycles. The number of nitrogens with two attached hydrogens (primary N) is 1. The van der Waals surface area contributed by atoms with Crippen molar-refractivity contribution < 1.29 is 34.8 Å². The molecule has 3 unspecified atom stereocenters. The van der Waals surface area contributed by atoms with Gasteiger partial charge in [-0.1, -0.05) is 32.9 Å². The summed E-state index contributed by atoms with van der Waals surface area (Å²) in [5, 5.41) is 48.1. The molecule has 0 heterocycles. The van der Waals surface area contributed by atoms with Crippen LogP contribution in [0.5, 0.6) is 5.75 Å². The zero-order valence-corrected chi connectivity index (χ0v) is 21.9. The van der Waals surface area contributed by atoms with Crippen LogP contribution in [0.3, 0.4) is 0 Å². The van der Waals surface area contributed by atoms with Crippen molar-refractivity contribution in [2.45, 2.75) is 57.9 Å². The highest BCUT2D eigenvalue weighted by Gasteiger charge is 2.67. The van der Waals surface area contributed by atoms with E-state index in [1.165, 1.54) is 0 Å². The molecule has 0 saturated heterocycles. The second-order valence-electron chi connectivity index (χ2n) is 12.1. The monoisotopic (exact) mass is 515 g/mol. The van der Waals surface area contributed by atoms with E-state index in [0.717, 1.165) is 0 Å². The summed E-state index contributed by atoms with van der Waals surface area (Å²) in [7, 11) is 3.25. The fraction of sp³-hybridized carbons (Fsp3) is 0.593. The Hall–Kier alpha value is -2.79. The average Bonchev–Trinajstić information content (AvgIpc) is 2.76. The predicted molar refractivity (Wildman–Crippen MR) is 135 cm³/mol. The van der Waals surface area contributed by atoms with Crippen molar-refractivity contribution in [2.24, 2.45) is 28.9 Å². The number of fused-ring (bicyclic) bond motifs is 3. The Morgan fingerprint density at radius 1 is 1.22 bits per heavy atom. The summed E-state index contributed by atoms with van der Waals surface area (Å²) in [4.78, 5) is 40.9. The van der Waals surface area contributed by atoms with Gasteiger partial charge in [-0.25, -0.2) is 0 Å². The molecule has 2 saturated carbocycles. The Morgan fingerprint density at radius 2 is 1.86 bits per heavy atom. The number of aromatic hydroxyl groups is 1. The number of primary amides is 1. The Kier molecular flexibility index (Phi) is 6.77. The van der Waals surface area contributed by atoms with Crippen molar-refractivity contribution >= 4 is 23.2 Å². The lowest BCUT2D eigenvalue weighted by Crippen LogP contribution is -2.73. The van der Waals surface area contributed by atoms with E-state index in [1.807, 2.05) is 0 Å². The van der Waals surface area contributed by atoms with Crippen molar-refractivity contribution in [3.63, 3.8) is 0 Å². The third-order valence-corrected chi connectivity index (χ3v) is 8.02. The number of aliphatic hydroxyl groups is 3. The SMILES string of the molecule is CN(C)C1C(O)C(C(N)=O)C(=O)[C@]2(O)C(=O)C3=C(O)c4c(ccc(CNCC(C)(C)C)c4O)C[C@@H]3C[C@H]12. The topological polar surface area (TPSA) is 173 Å². The molecule has 37 heavy (non-hydrogen) atoms. The molecule has 0 aliphatic heterocycles. The van der Waals surface area contributed by atoms with E-state index >= 15 is 0 Å². The maximum atomic E-state index is 13.8. The summed E-state index contributed by atoms with van der Waals surface area (Å²) in [5.74, 6) is -7.31. The van der Waals surface area contributed by atoms with Crippen molar-refractivity contribution in [3.05, 3.63) is 34.4 Å². The van der Waals surface area contributed by atoms with Crippen LogP contribution in [-0.2, 0) is 27.3 Å². The lowest BCUT2D eigenvalue weighted by Gasteiger charge is -2.53. The third-order valence-electron chi connectivity index (χ3n) is 8.02. The number of Topliss-reactive ketones (excluding diaryl/α,β-unsaturated/α-hetero) is 2. The van der Waals surface area contributed by atoms with Gasteiger partial charge in [-0.05, 0) is 43.8 Å². The van der Waals surface area contributed by atoms with Gasteiger partial charge in [0.1, 0.15) is 17.4 Å². The Balaban J connectivity index is 1.79. The Labute approximate surface area is 216 Å². The van der Waals surface area contributed by atoms with E-state index in [-0.39, 0.29) is 28.7 Å². The van der Waals surface area contributed by atoms with Crippen LogP contribution in [0.25, 0.3) is 5.76 Å². The number of nitrogens with one attached hydrogen (secondary N) is 1. The molecule has 10 nitrogen and oxygen atoms in total. The molecule has 1 amide bonds. The van der Waals surface area contributed by atoms with E-state index in [2.05, 4.69) is 26.1 Å². The molecule has 0 spiro atoms. The van der Waals surface area contributed by atoms with Gasteiger partial charge in [0.15, 0.2) is 11.4 Å². The molecule has 0 radical (unpaired) electrons. The fourth-order valence-corrected chi connectivity index (χ4v) is 6.34. The highest BCUT2D eigenvalue weighted by molar-refractivity contribution is 6.25. The van der Waals surface area contributed by atoms with Gasteiger partial charge in [0.25, 0.3) is 0 Å². The largest absolute Gasteiger partial charge is 0.507 e. The van der Waals surface area contributed by atoms with Crippen molar-refractivity contribution in [1.29, 1.82) is 0 Å². The molecule has 202 valence electrons. The lowest BCUT2D eigenvalue weighted by atomic mass is 9.54. The van der Waals surface area contributed by atoms with Crippen molar-refractivity contribution in [1.82, 2.24) is 10.2 Å². The van der Waals surface area contributed by atoms with E-state index in [9.17, 15) is 34.8 Å². The van der Waals surface area contributed by atoms with Gasteiger partial charge < -0.3 is 36.4 Å². The number of likely N-dealkylation sites (N-methyl/N-ethyl adjacent to an activating group) is 1. The smallest absolute Gasteiger partial charge is 0.230 e. The summed E-state index contributed by atoms with van der Waals surface area (Å²) in [6.45, 7) is 7.25. The van der Waals surface area contributed by atoms with Gasteiger partial charge in [-0.3, -0.25) is 14.4 Å². The van der Waals surface area contributed by atoms with E-state index in [1.54, 1.807) is 31.1 Å². The summed E-state index contributed by atoms with van der Waals surface area (Å²) < 4.78 is 0. The number of rotatable bonds is 5. The van der Waals surface area contributed by atoms with E-state index in [4.69, 9.17) is 5.73 Å². The summed E-state index contributed by atoms with van der Waals surface area (Å²) in [5.41, 5.74) is 3.91. The number of amides is 1. The van der Waals surface area contributed by atoms with Crippen LogP contribution in [0.15, 0.2) is 17.7 Å². The number of nitrogens with zero attached hydrogens (tertiary/aromatic N) is 1. The van der Waals surface area contributed by atoms with Gasteiger partial charge in [0.05, 0.1) is 11.7 Å². The van der Waals surface area contributed by atoms with Crippen LogP contribution in [-0.4, -0.2) is 81.2 Å². The quantitative estimate of drug-likeness (QED) is 0.301. The number of ketones is 2. The molecule has 0 aromatic heterocycles. The first kappa shape index (κ1) is 27.3. The number of carbonyl (C=O) groups excluding carboxylic acids is 3. The van der Waals surface area contributed by atoms with Crippen LogP contribution < -0.4 is 11.1 Å².